The second kappa shape index (κ2) is 4.58. The molecule has 0 heterocycles. The molecule has 100 valence electrons. The van der Waals surface area contributed by atoms with Crippen molar-refractivity contribution in [2.24, 2.45) is 11.8 Å². The molecule has 2 aliphatic carbocycles. The van der Waals surface area contributed by atoms with Gasteiger partial charge in [-0.1, -0.05) is 15.9 Å². The molecule has 1 N–H and O–H groups in total. The maximum absolute atomic E-state index is 12.3. The van der Waals surface area contributed by atoms with Crippen LogP contribution in [0, 0.1) is 23.2 Å². The first-order valence-corrected chi connectivity index (χ1v) is 8.48. The van der Waals surface area contributed by atoms with E-state index in [4.69, 9.17) is 5.26 Å². The number of fused-ring (bicyclic) bond motifs is 1. The normalized spacial score (nSPS) is 28.7. The van der Waals surface area contributed by atoms with Crippen LogP contribution in [0.25, 0.3) is 0 Å². The quantitative estimate of drug-likeness (QED) is 0.918. The smallest absolute Gasteiger partial charge is 0.208 e. The molecule has 19 heavy (non-hydrogen) atoms. The number of nitrogens with zero attached hydrogens (tertiary/aromatic N) is 1. The molecule has 2 atom stereocenters. The number of halogens is 1. The first-order chi connectivity index (χ1) is 8.98. The number of sulfonamides is 1. The summed E-state index contributed by atoms with van der Waals surface area (Å²) in [6, 6.07) is 6.55. The lowest BCUT2D eigenvalue weighted by atomic mass is 10.2. The van der Waals surface area contributed by atoms with Gasteiger partial charge in [-0.3, -0.25) is 0 Å². The Labute approximate surface area is 121 Å². The van der Waals surface area contributed by atoms with Gasteiger partial charge in [0.05, 0.1) is 16.5 Å². The first-order valence-electron chi connectivity index (χ1n) is 6.21. The van der Waals surface area contributed by atoms with Crippen LogP contribution >= 0.6 is 15.9 Å². The largest absolute Gasteiger partial charge is 0.240 e. The summed E-state index contributed by atoms with van der Waals surface area (Å²) in [6.07, 6.45) is 3.15. The third kappa shape index (κ3) is 2.69. The Kier molecular flexibility index (Phi) is 3.16. The molecule has 3 rings (SSSR count). The summed E-state index contributed by atoms with van der Waals surface area (Å²) < 4.78 is 27.9. The van der Waals surface area contributed by atoms with Gasteiger partial charge in [0.1, 0.15) is 0 Å². The molecule has 0 spiro atoms. The van der Waals surface area contributed by atoms with Crippen LogP contribution in [-0.4, -0.2) is 14.5 Å². The monoisotopic (exact) mass is 340 g/mol. The van der Waals surface area contributed by atoms with Crippen LogP contribution in [0.1, 0.15) is 24.8 Å². The summed E-state index contributed by atoms with van der Waals surface area (Å²) >= 11 is 3.23. The number of benzene rings is 1. The van der Waals surface area contributed by atoms with E-state index < -0.39 is 10.0 Å². The van der Waals surface area contributed by atoms with Crippen molar-refractivity contribution < 1.29 is 8.42 Å². The van der Waals surface area contributed by atoms with Crippen molar-refractivity contribution in [3.05, 3.63) is 28.2 Å². The molecule has 0 aromatic heterocycles. The molecule has 0 radical (unpaired) electrons. The van der Waals surface area contributed by atoms with Crippen molar-refractivity contribution in [2.75, 3.05) is 0 Å². The van der Waals surface area contributed by atoms with E-state index in [-0.39, 0.29) is 10.9 Å². The van der Waals surface area contributed by atoms with Gasteiger partial charge < -0.3 is 0 Å². The molecule has 2 aliphatic rings. The van der Waals surface area contributed by atoms with Gasteiger partial charge in [-0.25, -0.2) is 13.1 Å². The first kappa shape index (κ1) is 13.1. The van der Waals surface area contributed by atoms with Crippen LogP contribution < -0.4 is 4.72 Å². The van der Waals surface area contributed by atoms with Gasteiger partial charge in [0, 0.05) is 10.5 Å². The minimum Gasteiger partial charge on any atom is -0.208 e. The molecular formula is C13H13BrN2O2S. The standard InChI is InChI=1S/C13H13BrN2O2S/c14-11-1-8(7-15)2-13(6-11)19(17,18)16-12-4-9-3-10(9)5-12/h1-2,6,9-10,12,16H,3-5H2. The van der Waals surface area contributed by atoms with E-state index in [1.54, 1.807) is 6.07 Å². The Morgan fingerprint density at radius 1 is 1.21 bits per heavy atom. The SMILES string of the molecule is N#Cc1cc(Br)cc(S(=O)(=O)NC2CC3CC3C2)c1. The summed E-state index contributed by atoms with van der Waals surface area (Å²) in [5.41, 5.74) is 0.337. The van der Waals surface area contributed by atoms with Gasteiger partial charge in [0.2, 0.25) is 10.0 Å². The highest BCUT2D eigenvalue weighted by molar-refractivity contribution is 9.10. The van der Waals surface area contributed by atoms with Gasteiger partial charge in [0.25, 0.3) is 0 Å². The lowest BCUT2D eigenvalue weighted by Gasteiger charge is -2.14. The minimum absolute atomic E-state index is 0.0540. The Morgan fingerprint density at radius 3 is 2.53 bits per heavy atom. The van der Waals surface area contributed by atoms with E-state index in [2.05, 4.69) is 20.7 Å². The molecule has 1 aromatic rings. The van der Waals surface area contributed by atoms with Crippen molar-refractivity contribution in [1.29, 1.82) is 5.26 Å². The molecular weight excluding hydrogens is 328 g/mol. The zero-order valence-electron chi connectivity index (χ0n) is 10.1. The third-order valence-corrected chi connectivity index (χ3v) is 5.83. The summed E-state index contributed by atoms with van der Waals surface area (Å²) in [4.78, 5) is 0.152. The van der Waals surface area contributed by atoms with E-state index in [1.165, 1.54) is 18.6 Å². The zero-order chi connectivity index (χ0) is 13.6. The highest BCUT2D eigenvalue weighted by Gasteiger charge is 2.46. The second-order valence-electron chi connectivity index (χ2n) is 5.33. The number of hydrogen-bond donors (Lipinski definition) is 1. The van der Waals surface area contributed by atoms with Gasteiger partial charge in [-0.05, 0) is 49.3 Å². The maximum Gasteiger partial charge on any atom is 0.240 e. The number of rotatable bonds is 3. The maximum atomic E-state index is 12.3. The summed E-state index contributed by atoms with van der Waals surface area (Å²) in [5.74, 6) is 1.45. The third-order valence-electron chi connectivity index (χ3n) is 3.88. The predicted octanol–water partition coefficient (Wildman–Crippen LogP) is 2.40. The molecule has 6 heteroatoms. The van der Waals surface area contributed by atoms with Gasteiger partial charge in [0.15, 0.2) is 0 Å². The Bertz CT molecular complexity index is 656. The predicted molar refractivity (Wildman–Crippen MR) is 73.8 cm³/mol. The van der Waals surface area contributed by atoms with E-state index in [1.807, 2.05) is 6.07 Å². The summed E-state index contributed by atoms with van der Waals surface area (Å²) in [6.45, 7) is 0. The Balaban J connectivity index is 1.83. The number of nitriles is 1. The van der Waals surface area contributed by atoms with Crippen LogP contribution in [-0.2, 0) is 10.0 Å². The molecule has 2 saturated carbocycles. The molecule has 4 nitrogen and oxygen atoms in total. The zero-order valence-corrected chi connectivity index (χ0v) is 12.5. The fraction of sp³-hybridized carbons (Fsp3) is 0.462. The fourth-order valence-electron chi connectivity index (χ4n) is 2.88. The van der Waals surface area contributed by atoms with E-state index in [0.29, 0.717) is 10.0 Å². The van der Waals surface area contributed by atoms with Crippen LogP contribution in [0.5, 0.6) is 0 Å². The minimum atomic E-state index is -3.53. The number of nitrogens with one attached hydrogen (secondary N) is 1. The van der Waals surface area contributed by atoms with Gasteiger partial charge in [-0.15, -0.1) is 0 Å². The topological polar surface area (TPSA) is 70.0 Å². The highest BCUT2D eigenvalue weighted by atomic mass is 79.9. The van der Waals surface area contributed by atoms with Crippen molar-refractivity contribution in [3.8, 4) is 6.07 Å². The molecule has 2 fully saturated rings. The summed E-state index contributed by atoms with van der Waals surface area (Å²) in [5, 5.41) is 8.89. The Morgan fingerprint density at radius 2 is 1.89 bits per heavy atom. The second-order valence-corrected chi connectivity index (χ2v) is 7.96. The van der Waals surface area contributed by atoms with Crippen LogP contribution in [0.4, 0.5) is 0 Å². The van der Waals surface area contributed by atoms with E-state index >= 15 is 0 Å². The molecule has 2 unspecified atom stereocenters. The van der Waals surface area contributed by atoms with Crippen molar-refractivity contribution in [2.45, 2.75) is 30.2 Å². The lowest BCUT2D eigenvalue weighted by molar-refractivity contribution is 0.526. The average Bonchev–Trinajstić information content (AvgIpc) is 2.95. The fourth-order valence-corrected chi connectivity index (χ4v) is 4.86. The van der Waals surface area contributed by atoms with Crippen molar-refractivity contribution in [1.82, 2.24) is 4.72 Å². The Hall–Kier alpha value is -0.900. The van der Waals surface area contributed by atoms with Crippen LogP contribution in [0.15, 0.2) is 27.6 Å². The summed E-state index contributed by atoms with van der Waals surface area (Å²) in [7, 11) is -3.53. The molecule has 1 aromatic carbocycles. The molecule has 0 bridgehead atoms. The van der Waals surface area contributed by atoms with Crippen LogP contribution in [0.3, 0.4) is 0 Å². The van der Waals surface area contributed by atoms with E-state index in [0.717, 1.165) is 24.7 Å². The number of hydrogen-bond acceptors (Lipinski definition) is 3. The highest BCUT2D eigenvalue weighted by Crippen LogP contribution is 2.51. The molecule has 0 saturated heterocycles. The van der Waals surface area contributed by atoms with Crippen molar-refractivity contribution >= 4 is 26.0 Å². The lowest BCUT2D eigenvalue weighted by Crippen LogP contribution is -2.33. The van der Waals surface area contributed by atoms with Gasteiger partial charge >= 0.3 is 0 Å². The molecule has 0 aliphatic heterocycles. The average molecular weight is 341 g/mol. The van der Waals surface area contributed by atoms with Gasteiger partial charge in [-0.2, -0.15) is 5.26 Å². The van der Waals surface area contributed by atoms with E-state index in [9.17, 15) is 8.42 Å². The van der Waals surface area contributed by atoms with Crippen molar-refractivity contribution in [3.63, 3.8) is 0 Å². The van der Waals surface area contributed by atoms with Crippen LogP contribution in [0.2, 0.25) is 0 Å². The molecule has 0 amide bonds.